The van der Waals surface area contributed by atoms with Crippen LogP contribution in [0.4, 0.5) is 24.5 Å². The average molecular weight is 344 g/mol. The largest absolute Gasteiger partial charge is 0.416 e. The molecular formula is C19H15F3N2O. The Morgan fingerprint density at radius 3 is 2.24 bits per heavy atom. The molecule has 0 saturated heterocycles. The molecule has 0 atom stereocenters. The zero-order chi connectivity index (χ0) is 18.0. The molecule has 3 nitrogen and oxygen atoms in total. The number of nitrogens with zero attached hydrogens (tertiary/aromatic N) is 1. The van der Waals surface area contributed by atoms with Crippen molar-refractivity contribution in [2.24, 2.45) is 7.05 Å². The maximum Gasteiger partial charge on any atom is 0.416 e. The van der Waals surface area contributed by atoms with Crippen molar-refractivity contribution in [3.63, 3.8) is 0 Å². The van der Waals surface area contributed by atoms with Crippen LogP contribution in [0.5, 0.6) is 0 Å². The number of rotatable bonds is 3. The van der Waals surface area contributed by atoms with Crippen LogP contribution in [0.1, 0.15) is 5.56 Å². The van der Waals surface area contributed by atoms with E-state index >= 15 is 0 Å². The molecule has 0 amide bonds. The van der Waals surface area contributed by atoms with Crippen molar-refractivity contribution in [1.82, 2.24) is 4.57 Å². The smallest absolute Gasteiger partial charge is 0.355 e. The number of para-hydroxylation sites is 1. The summed E-state index contributed by atoms with van der Waals surface area (Å²) in [6, 6.07) is 15.5. The predicted molar refractivity (Wildman–Crippen MR) is 91.8 cm³/mol. The summed E-state index contributed by atoms with van der Waals surface area (Å²) in [6.45, 7) is 0. The van der Waals surface area contributed by atoms with Crippen molar-refractivity contribution >= 4 is 11.4 Å². The molecule has 0 spiro atoms. The van der Waals surface area contributed by atoms with Crippen LogP contribution >= 0.6 is 0 Å². The molecule has 3 aromatic rings. The maximum atomic E-state index is 12.7. The Kier molecular flexibility index (Phi) is 4.35. The molecule has 1 aromatic heterocycles. The van der Waals surface area contributed by atoms with Gasteiger partial charge in [0.25, 0.3) is 0 Å². The van der Waals surface area contributed by atoms with E-state index in [-0.39, 0.29) is 5.56 Å². The SMILES string of the molecule is Cn1cc(-c2ccccc2Nc2ccc(C(F)(F)F)cc2)ccc1=O. The standard InChI is InChI=1S/C19H15F3N2O/c1-24-12-13(6-11-18(24)25)16-4-2-3-5-17(16)23-15-9-7-14(8-10-15)19(20,21)22/h2-12,23H,1H3. The molecule has 0 aliphatic carbocycles. The van der Waals surface area contributed by atoms with Gasteiger partial charge in [-0.15, -0.1) is 0 Å². The molecule has 2 aromatic carbocycles. The molecule has 1 N–H and O–H groups in total. The summed E-state index contributed by atoms with van der Waals surface area (Å²) in [5, 5.41) is 3.13. The molecule has 25 heavy (non-hydrogen) atoms. The first kappa shape index (κ1) is 16.8. The van der Waals surface area contributed by atoms with Crippen molar-refractivity contribution in [3.8, 4) is 11.1 Å². The van der Waals surface area contributed by atoms with E-state index in [0.717, 1.165) is 28.9 Å². The fraction of sp³-hybridized carbons (Fsp3) is 0.105. The minimum absolute atomic E-state index is 0.114. The Labute approximate surface area is 142 Å². The minimum Gasteiger partial charge on any atom is -0.355 e. The lowest BCUT2D eigenvalue weighted by Crippen LogP contribution is -2.14. The molecule has 0 bridgehead atoms. The van der Waals surface area contributed by atoms with E-state index in [2.05, 4.69) is 5.32 Å². The number of hydrogen-bond donors (Lipinski definition) is 1. The zero-order valence-electron chi connectivity index (χ0n) is 13.3. The summed E-state index contributed by atoms with van der Waals surface area (Å²) < 4.78 is 39.4. The molecule has 3 rings (SSSR count). The van der Waals surface area contributed by atoms with Gasteiger partial charge < -0.3 is 9.88 Å². The lowest BCUT2D eigenvalue weighted by molar-refractivity contribution is -0.137. The molecule has 6 heteroatoms. The number of aromatic nitrogens is 1. The van der Waals surface area contributed by atoms with Crippen molar-refractivity contribution in [3.05, 3.63) is 82.8 Å². The Balaban J connectivity index is 1.93. The van der Waals surface area contributed by atoms with E-state index in [4.69, 9.17) is 0 Å². The van der Waals surface area contributed by atoms with Gasteiger partial charge in [0.2, 0.25) is 5.56 Å². The van der Waals surface area contributed by atoms with Gasteiger partial charge >= 0.3 is 6.18 Å². The topological polar surface area (TPSA) is 34.0 Å². The first-order valence-corrected chi connectivity index (χ1v) is 7.55. The molecule has 0 aliphatic rings. The van der Waals surface area contributed by atoms with Crippen LogP contribution in [0.2, 0.25) is 0 Å². The van der Waals surface area contributed by atoms with E-state index in [1.807, 2.05) is 24.3 Å². The Bertz CT molecular complexity index is 944. The summed E-state index contributed by atoms with van der Waals surface area (Å²) in [5.74, 6) is 0. The van der Waals surface area contributed by atoms with Gasteiger partial charge in [-0.25, -0.2) is 0 Å². The lowest BCUT2D eigenvalue weighted by atomic mass is 10.1. The number of pyridine rings is 1. The fourth-order valence-corrected chi connectivity index (χ4v) is 2.50. The van der Waals surface area contributed by atoms with Gasteiger partial charge in [-0.2, -0.15) is 13.2 Å². The Morgan fingerprint density at radius 1 is 0.920 bits per heavy atom. The molecule has 0 fully saturated rings. The van der Waals surface area contributed by atoms with Crippen molar-refractivity contribution < 1.29 is 13.2 Å². The maximum absolute atomic E-state index is 12.7. The van der Waals surface area contributed by atoms with E-state index in [9.17, 15) is 18.0 Å². The summed E-state index contributed by atoms with van der Waals surface area (Å²) in [5.41, 5.74) is 2.16. The average Bonchev–Trinajstić information content (AvgIpc) is 2.58. The van der Waals surface area contributed by atoms with Gasteiger partial charge in [0, 0.05) is 41.8 Å². The van der Waals surface area contributed by atoms with Crippen LogP contribution < -0.4 is 10.9 Å². The number of alkyl halides is 3. The molecular weight excluding hydrogens is 329 g/mol. The van der Waals surface area contributed by atoms with Gasteiger partial charge in [0.1, 0.15) is 0 Å². The van der Waals surface area contributed by atoms with Crippen molar-refractivity contribution in [2.75, 3.05) is 5.32 Å². The van der Waals surface area contributed by atoms with Crippen LogP contribution in [-0.4, -0.2) is 4.57 Å². The third-order valence-corrected chi connectivity index (χ3v) is 3.82. The Morgan fingerprint density at radius 2 is 1.60 bits per heavy atom. The lowest BCUT2D eigenvalue weighted by Gasteiger charge is -2.14. The number of benzene rings is 2. The first-order valence-electron chi connectivity index (χ1n) is 7.55. The van der Waals surface area contributed by atoms with Gasteiger partial charge in [0.05, 0.1) is 5.56 Å². The van der Waals surface area contributed by atoms with E-state index in [1.54, 1.807) is 19.3 Å². The predicted octanol–water partition coefficient (Wildman–Crippen LogP) is 4.81. The van der Waals surface area contributed by atoms with Gasteiger partial charge in [-0.1, -0.05) is 18.2 Å². The third-order valence-electron chi connectivity index (χ3n) is 3.82. The molecule has 0 unspecified atom stereocenters. The molecule has 0 aliphatic heterocycles. The number of nitrogens with one attached hydrogen (secondary N) is 1. The second-order valence-corrected chi connectivity index (χ2v) is 5.61. The van der Waals surface area contributed by atoms with Crippen LogP contribution in [-0.2, 0) is 13.2 Å². The number of aryl methyl sites for hydroxylation is 1. The summed E-state index contributed by atoms with van der Waals surface area (Å²) in [6.07, 6.45) is -2.64. The van der Waals surface area contributed by atoms with Crippen molar-refractivity contribution in [1.29, 1.82) is 0 Å². The van der Waals surface area contributed by atoms with E-state index in [0.29, 0.717) is 5.69 Å². The minimum atomic E-state index is -4.36. The molecule has 1 heterocycles. The highest BCUT2D eigenvalue weighted by Crippen LogP contribution is 2.32. The van der Waals surface area contributed by atoms with Crippen LogP contribution in [0.15, 0.2) is 71.7 Å². The highest BCUT2D eigenvalue weighted by molar-refractivity contribution is 5.80. The molecule has 0 saturated carbocycles. The van der Waals surface area contributed by atoms with Crippen LogP contribution in [0, 0.1) is 0 Å². The Hall–Kier alpha value is -3.02. The normalized spacial score (nSPS) is 11.4. The monoisotopic (exact) mass is 344 g/mol. The van der Waals surface area contributed by atoms with Gasteiger partial charge in [-0.05, 0) is 36.4 Å². The van der Waals surface area contributed by atoms with Crippen molar-refractivity contribution in [2.45, 2.75) is 6.18 Å². The second kappa shape index (κ2) is 6.47. The fourth-order valence-electron chi connectivity index (χ4n) is 2.50. The summed E-state index contributed by atoms with van der Waals surface area (Å²) in [7, 11) is 1.66. The van der Waals surface area contributed by atoms with E-state index < -0.39 is 11.7 Å². The zero-order valence-corrected chi connectivity index (χ0v) is 13.3. The second-order valence-electron chi connectivity index (χ2n) is 5.61. The summed E-state index contributed by atoms with van der Waals surface area (Å²) in [4.78, 5) is 11.5. The highest BCUT2D eigenvalue weighted by atomic mass is 19.4. The quantitative estimate of drug-likeness (QED) is 0.739. The third kappa shape index (κ3) is 3.74. The molecule has 0 radical (unpaired) electrons. The highest BCUT2D eigenvalue weighted by Gasteiger charge is 2.29. The summed E-state index contributed by atoms with van der Waals surface area (Å²) >= 11 is 0. The van der Waals surface area contributed by atoms with E-state index in [1.165, 1.54) is 22.8 Å². The van der Waals surface area contributed by atoms with Gasteiger partial charge in [-0.3, -0.25) is 4.79 Å². The number of hydrogen-bond acceptors (Lipinski definition) is 2. The first-order chi connectivity index (χ1) is 11.8. The van der Waals surface area contributed by atoms with Gasteiger partial charge in [0.15, 0.2) is 0 Å². The van der Waals surface area contributed by atoms with Crippen LogP contribution in [0.3, 0.4) is 0 Å². The number of halogens is 3. The molecule has 128 valence electrons. The number of anilines is 2. The van der Waals surface area contributed by atoms with Crippen LogP contribution in [0.25, 0.3) is 11.1 Å².